The second kappa shape index (κ2) is 8.58. The Bertz CT molecular complexity index is 1080. The molecule has 8 heteroatoms. The highest BCUT2D eigenvalue weighted by Crippen LogP contribution is 2.46. The van der Waals surface area contributed by atoms with Gasteiger partial charge in [0.15, 0.2) is 0 Å². The molecule has 180 valence electrons. The summed E-state index contributed by atoms with van der Waals surface area (Å²) in [5.74, 6) is 0.791. The lowest BCUT2D eigenvalue weighted by Crippen LogP contribution is -2.54. The lowest BCUT2D eigenvalue weighted by atomic mass is 9.69. The van der Waals surface area contributed by atoms with Gasteiger partial charge in [0.25, 0.3) is 0 Å². The number of rotatable bonds is 4. The van der Waals surface area contributed by atoms with Gasteiger partial charge in [-0.05, 0) is 63.9 Å². The predicted molar refractivity (Wildman–Crippen MR) is 133 cm³/mol. The number of hydrogen-bond donors (Lipinski definition) is 2. The summed E-state index contributed by atoms with van der Waals surface area (Å²) in [6.45, 7) is 4.33. The summed E-state index contributed by atoms with van der Waals surface area (Å²) in [6, 6.07) is 12.7. The standard InChI is InChI=1S/C26H34N6O2/c1-19-15-22(31-14-13-27-23(33)17-31)28-16-21(19)32-18-25(29-24(32)34)9-11-26(12-10-25,30(2)3)20-7-5-4-6-8-20/h4-8,15-16H,9-14,17-18H2,1-3H3,(H,27,33)(H,29,34)/t25-,26-. The molecule has 2 aliphatic heterocycles. The van der Waals surface area contributed by atoms with Crippen LogP contribution >= 0.6 is 0 Å². The Hall–Kier alpha value is -3.13. The number of nitrogens with one attached hydrogen (secondary N) is 2. The van der Waals surface area contributed by atoms with E-state index in [0.717, 1.165) is 49.3 Å². The minimum Gasteiger partial charge on any atom is -0.353 e. The Labute approximate surface area is 201 Å². The molecule has 1 spiro atoms. The maximum Gasteiger partial charge on any atom is 0.322 e. The summed E-state index contributed by atoms with van der Waals surface area (Å²) < 4.78 is 0. The third-order valence-corrected chi connectivity index (χ3v) is 8.00. The van der Waals surface area contributed by atoms with E-state index in [0.29, 0.717) is 19.6 Å². The zero-order chi connectivity index (χ0) is 23.9. The van der Waals surface area contributed by atoms with E-state index in [1.54, 1.807) is 6.20 Å². The van der Waals surface area contributed by atoms with Gasteiger partial charge in [0, 0.05) is 18.6 Å². The van der Waals surface area contributed by atoms with Crippen LogP contribution in [0, 0.1) is 6.92 Å². The number of anilines is 2. The Morgan fingerprint density at radius 2 is 1.79 bits per heavy atom. The molecule has 2 N–H and O–H groups in total. The van der Waals surface area contributed by atoms with Crippen molar-refractivity contribution in [3.8, 4) is 0 Å². The summed E-state index contributed by atoms with van der Waals surface area (Å²) in [7, 11) is 4.32. The molecule has 0 unspecified atom stereocenters. The van der Waals surface area contributed by atoms with Gasteiger partial charge in [-0.15, -0.1) is 0 Å². The van der Waals surface area contributed by atoms with Crippen molar-refractivity contribution in [2.45, 2.75) is 43.7 Å². The number of aromatic nitrogens is 1. The van der Waals surface area contributed by atoms with Gasteiger partial charge in [0.2, 0.25) is 5.91 Å². The molecule has 3 heterocycles. The van der Waals surface area contributed by atoms with Crippen LogP contribution in [-0.2, 0) is 10.3 Å². The Morgan fingerprint density at radius 1 is 1.06 bits per heavy atom. The molecule has 0 bridgehead atoms. The van der Waals surface area contributed by atoms with E-state index in [-0.39, 0.29) is 23.0 Å². The number of urea groups is 1. The van der Waals surface area contributed by atoms with Gasteiger partial charge in [0.05, 0.1) is 30.5 Å². The van der Waals surface area contributed by atoms with E-state index in [9.17, 15) is 9.59 Å². The number of amides is 3. The number of nitrogens with zero attached hydrogens (tertiary/aromatic N) is 4. The SMILES string of the molecule is Cc1cc(N2CCNC(=O)C2)ncc1N1C[C@]2(CC[C@@](c3ccccc3)(N(C)C)CC2)NC1=O. The first-order valence-electron chi connectivity index (χ1n) is 12.1. The average molecular weight is 463 g/mol. The highest BCUT2D eigenvalue weighted by Gasteiger charge is 2.50. The van der Waals surface area contributed by atoms with Crippen LogP contribution in [0.5, 0.6) is 0 Å². The van der Waals surface area contributed by atoms with Crippen LogP contribution in [-0.4, -0.2) is 67.6 Å². The largest absolute Gasteiger partial charge is 0.353 e. The summed E-state index contributed by atoms with van der Waals surface area (Å²) in [5, 5.41) is 6.18. The fourth-order valence-corrected chi connectivity index (χ4v) is 5.89. The van der Waals surface area contributed by atoms with E-state index >= 15 is 0 Å². The van der Waals surface area contributed by atoms with Crippen LogP contribution in [0.3, 0.4) is 0 Å². The van der Waals surface area contributed by atoms with E-state index in [1.165, 1.54) is 5.56 Å². The monoisotopic (exact) mass is 462 g/mol. The zero-order valence-electron chi connectivity index (χ0n) is 20.3. The minimum atomic E-state index is -0.221. The maximum absolute atomic E-state index is 13.1. The van der Waals surface area contributed by atoms with Crippen molar-refractivity contribution in [1.82, 2.24) is 20.5 Å². The summed E-state index contributed by atoms with van der Waals surface area (Å²) in [6.07, 6.45) is 5.62. The molecular weight excluding hydrogens is 428 g/mol. The normalized spacial score (nSPS) is 27.3. The summed E-state index contributed by atoms with van der Waals surface area (Å²) in [4.78, 5) is 35.6. The van der Waals surface area contributed by atoms with Crippen LogP contribution in [0.4, 0.5) is 16.3 Å². The number of benzene rings is 1. The van der Waals surface area contributed by atoms with Crippen molar-refractivity contribution in [1.29, 1.82) is 0 Å². The first-order chi connectivity index (χ1) is 16.3. The molecule has 3 amide bonds. The van der Waals surface area contributed by atoms with Gasteiger partial charge in [-0.25, -0.2) is 9.78 Å². The number of pyridine rings is 1. The molecule has 0 atom stereocenters. The zero-order valence-corrected chi connectivity index (χ0v) is 20.3. The van der Waals surface area contributed by atoms with Crippen LogP contribution in [0.2, 0.25) is 0 Å². The van der Waals surface area contributed by atoms with Crippen molar-refractivity contribution in [2.75, 3.05) is 50.1 Å². The van der Waals surface area contributed by atoms with E-state index < -0.39 is 0 Å². The molecule has 1 saturated carbocycles. The number of piperazine rings is 1. The third-order valence-electron chi connectivity index (χ3n) is 8.00. The molecule has 1 aromatic heterocycles. The topological polar surface area (TPSA) is 80.8 Å². The molecule has 8 nitrogen and oxygen atoms in total. The van der Waals surface area contributed by atoms with E-state index in [2.05, 4.69) is 64.9 Å². The Balaban J connectivity index is 1.33. The van der Waals surface area contributed by atoms with Crippen LogP contribution in [0.1, 0.15) is 36.8 Å². The summed E-state index contributed by atoms with van der Waals surface area (Å²) in [5.41, 5.74) is 2.95. The molecule has 2 saturated heterocycles. The Kier molecular flexibility index (Phi) is 5.72. The first kappa shape index (κ1) is 22.7. The Morgan fingerprint density at radius 3 is 2.44 bits per heavy atom. The van der Waals surface area contributed by atoms with Gasteiger partial charge in [0.1, 0.15) is 5.82 Å². The second-order valence-electron chi connectivity index (χ2n) is 10.2. The number of aryl methyl sites for hydroxylation is 1. The third kappa shape index (κ3) is 3.90. The highest BCUT2D eigenvalue weighted by molar-refractivity contribution is 5.96. The molecular formula is C26H34N6O2. The second-order valence-corrected chi connectivity index (χ2v) is 10.2. The summed E-state index contributed by atoms with van der Waals surface area (Å²) >= 11 is 0. The maximum atomic E-state index is 13.1. The quantitative estimate of drug-likeness (QED) is 0.730. The van der Waals surface area contributed by atoms with E-state index in [1.807, 2.05) is 22.8 Å². The van der Waals surface area contributed by atoms with Gasteiger partial charge in [-0.3, -0.25) is 14.6 Å². The smallest absolute Gasteiger partial charge is 0.322 e. The van der Waals surface area contributed by atoms with Crippen LogP contribution in [0.15, 0.2) is 42.6 Å². The van der Waals surface area contributed by atoms with Gasteiger partial charge >= 0.3 is 6.03 Å². The van der Waals surface area contributed by atoms with Crippen molar-refractivity contribution in [2.24, 2.45) is 0 Å². The lowest BCUT2D eigenvalue weighted by molar-refractivity contribution is -0.120. The molecule has 3 aliphatic rings. The van der Waals surface area contributed by atoms with Crippen LogP contribution in [0.25, 0.3) is 0 Å². The van der Waals surface area contributed by atoms with Gasteiger partial charge in [-0.2, -0.15) is 0 Å². The molecule has 5 rings (SSSR count). The molecule has 34 heavy (non-hydrogen) atoms. The van der Waals surface area contributed by atoms with Gasteiger partial charge in [-0.1, -0.05) is 30.3 Å². The molecule has 1 aliphatic carbocycles. The minimum absolute atomic E-state index is 0.00941. The first-order valence-corrected chi connectivity index (χ1v) is 12.1. The number of hydrogen-bond acceptors (Lipinski definition) is 5. The van der Waals surface area contributed by atoms with Crippen molar-refractivity contribution in [3.05, 3.63) is 53.7 Å². The van der Waals surface area contributed by atoms with Crippen LogP contribution < -0.4 is 20.4 Å². The number of carbonyl (C=O) groups excluding carboxylic acids is 2. The van der Waals surface area contributed by atoms with Crippen molar-refractivity contribution in [3.63, 3.8) is 0 Å². The highest BCUT2D eigenvalue weighted by atomic mass is 16.2. The lowest BCUT2D eigenvalue weighted by Gasteiger charge is -2.48. The van der Waals surface area contributed by atoms with E-state index in [4.69, 9.17) is 0 Å². The predicted octanol–water partition coefficient (Wildman–Crippen LogP) is 2.63. The molecule has 1 aromatic carbocycles. The molecule has 3 fully saturated rings. The van der Waals surface area contributed by atoms with Crippen molar-refractivity contribution >= 4 is 23.4 Å². The molecule has 0 radical (unpaired) electrons. The fraction of sp³-hybridized carbons (Fsp3) is 0.500. The average Bonchev–Trinajstić information content (AvgIpc) is 3.15. The fourth-order valence-electron chi connectivity index (χ4n) is 5.89. The van der Waals surface area contributed by atoms with Gasteiger partial charge < -0.3 is 15.5 Å². The number of carbonyl (C=O) groups is 2. The van der Waals surface area contributed by atoms with Crippen molar-refractivity contribution < 1.29 is 9.59 Å². The molecule has 2 aromatic rings.